The van der Waals surface area contributed by atoms with Gasteiger partial charge in [-0.2, -0.15) is 0 Å². The van der Waals surface area contributed by atoms with Gasteiger partial charge in [0.2, 0.25) is 0 Å². The Bertz CT molecular complexity index is 276. The van der Waals surface area contributed by atoms with Gasteiger partial charge in [-0.3, -0.25) is 4.90 Å². The predicted molar refractivity (Wildman–Crippen MR) is 82.7 cm³/mol. The van der Waals surface area contributed by atoms with Crippen molar-refractivity contribution in [2.75, 3.05) is 19.6 Å². The number of hydrogen-bond acceptors (Lipinski definition) is 3. The summed E-state index contributed by atoms with van der Waals surface area (Å²) in [6, 6.07) is 0.595. The summed E-state index contributed by atoms with van der Waals surface area (Å²) in [5.41, 5.74) is 0.115. The molecule has 0 spiro atoms. The summed E-state index contributed by atoms with van der Waals surface area (Å²) in [5.74, 6) is 0. The average molecular weight is 270 g/mol. The molecular formula is C16H34N2O. The molecular weight excluding hydrogens is 236 g/mol. The monoisotopic (exact) mass is 270 g/mol. The van der Waals surface area contributed by atoms with Gasteiger partial charge < -0.3 is 10.1 Å². The van der Waals surface area contributed by atoms with Crippen LogP contribution in [0.2, 0.25) is 0 Å². The SMILES string of the molecule is CC(CCNC(C)(C)C)N1CC(C)(C)OC(C)(C)C1. The molecule has 19 heavy (non-hydrogen) atoms. The van der Waals surface area contributed by atoms with Crippen molar-refractivity contribution in [2.45, 2.75) is 84.6 Å². The lowest BCUT2D eigenvalue weighted by atomic mass is 9.97. The first-order valence-electron chi connectivity index (χ1n) is 7.60. The van der Waals surface area contributed by atoms with E-state index >= 15 is 0 Å². The molecule has 1 unspecified atom stereocenters. The van der Waals surface area contributed by atoms with Crippen molar-refractivity contribution < 1.29 is 4.74 Å². The van der Waals surface area contributed by atoms with Gasteiger partial charge in [-0.15, -0.1) is 0 Å². The molecule has 3 nitrogen and oxygen atoms in total. The van der Waals surface area contributed by atoms with Crippen molar-refractivity contribution >= 4 is 0 Å². The van der Waals surface area contributed by atoms with Crippen LogP contribution in [0.25, 0.3) is 0 Å². The first-order chi connectivity index (χ1) is 8.40. The average Bonchev–Trinajstić information content (AvgIpc) is 2.10. The number of ether oxygens (including phenoxy) is 1. The van der Waals surface area contributed by atoms with Crippen LogP contribution in [-0.2, 0) is 4.74 Å². The molecule has 1 rings (SSSR count). The second-order valence-corrected chi connectivity index (χ2v) is 8.34. The summed E-state index contributed by atoms with van der Waals surface area (Å²) < 4.78 is 6.14. The minimum absolute atomic E-state index is 0.0481. The van der Waals surface area contributed by atoms with Crippen LogP contribution >= 0.6 is 0 Å². The summed E-state index contributed by atoms with van der Waals surface area (Å²) >= 11 is 0. The molecule has 0 amide bonds. The summed E-state index contributed by atoms with van der Waals surface area (Å²) in [4.78, 5) is 2.58. The maximum Gasteiger partial charge on any atom is 0.0760 e. The summed E-state index contributed by atoms with van der Waals surface area (Å²) in [5, 5.41) is 3.58. The first-order valence-corrected chi connectivity index (χ1v) is 7.60. The molecule has 0 aliphatic carbocycles. The van der Waals surface area contributed by atoms with Crippen molar-refractivity contribution in [1.29, 1.82) is 0 Å². The minimum Gasteiger partial charge on any atom is -0.367 e. The van der Waals surface area contributed by atoms with Crippen molar-refractivity contribution in [3.8, 4) is 0 Å². The van der Waals surface area contributed by atoms with Gasteiger partial charge in [0.1, 0.15) is 0 Å². The van der Waals surface area contributed by atoms with Gasteiger partial charge in [0.25, 0.3) is 0 Å². The highest BCUT2D eigenvalue weighted by Gasteiger charge is 2.39. The molecule has 1 aliphatic rings. The molecule has 0 aromatic heterocycles. The highest BCUT2D eigenvalue weighted by molar-refractivity contribution is 4.91. The molecule has 1 heterocycles. The maximum atomic E-state index is 6.14. The quantitative estimate of drug-likeness (QED) is 0.850. The lowest BCUT2D eigenvalue weighted by molar-refractivity contribution is -0.187. The minimum atomic E-state index is -0.0481. The number of hydrogen-bond donors (Lipinski definition) is 1. The van der Waals surface area contributed by atoms with E-state index < -0.39 is 0 Å². The van der Waals surface area contributed by atoms with Crippen LogP contribution in [0, 0.1) is 0 Å². The van der Waals surface area contributed by atoms with Gasteiger partial charge in [0.15, 0.2) is 0 Å². The Morgan fingerprint density at radius 1 is 1.11 bits per heavy atom. The topological polar surface area (TPSA) is 24.5 Å². The second-order valence-electron chi connectivity index (χ2n) is 8.34. The van der Waals surface area contributed by atoms with Crippen LogP contribution in [0.15, 0.2) is 0 Å². The number of nitrogens with one attached hydrogen (secondary N) is 1. The van der Waals surface area contributed by atoms with E-state index in [-0.39, 0.29) is 16.7 Å². The predicted octanol–water partition coefficient (Wildman–Crippen LogP) is 3.04. The zero-order valence-electron chi connectivity index (χ0n) is 14.3. The zero-order chi connectivity index (χ0) is 14.9. The Morgan fingerprint density at radius 2 is 1.58 bits per heavy atom. The molecule has 0 radical (unpaired) electrons. The molecule has 1 fully saturated rings. The Labute approximate surface area is 120 Å². The normalized spacial score (nSPS) is 25.3. The van der Waals surface area contributed by atoms with E-state index in [1.54, 1.807) is 0 Å². The van der Waals surface area contributed by atoms with Crippen LogP contribution in [0.5, 0.6) is 0 Å². The first kappa shape index (κ1) is 16.9. The van der Waals surface area contributed by atoms with E-state index in [1.165, 1.54) is 6.42 Å². The highest BCUT2D eigenvalue weighted by Crippen LogP contribution is 2.29. The number of rotatable bonds is 4. The van der Waals surface area contributed by atoms with Gasteiger partial charge in [-0.25, -0.2) is 0 Å². The van der Waals surface area contributed by atoms with Gasteiger partial charge in [-0.05, 0) is 68.4 Å². The molecule has 0 aromatic carbocycles. The van der Waals surface area contributed by atoms with E-state index in [9.17, 15) is 0 Å². The third kappa shape index (κ3) is 6.24. The van der Waals surface area contributed by atoms with E-state index in [2.05, 4.69) is 65.6 Å². The lowest BCUT2D eigenvalue weighted by Gasteiger charge is -2.49. The molecule has 114 valence electrons. The summed E-state index contributed by atoms with van der Waals surface area (Å²) in [6.45, 7) is 20.9. The third-order valence-corrected chi connectivity index (χ3v) is 3.56. The van der Waals surface area contributed by atoms with Crippen molar-refractivity contribution in [2.24, 2.45) is 0 Å². The summed E-state index contributed by atoms with van der Waals surface area (Å²) in [7, 11) is 0. The van der Waals surface area contributed by atoms with Crippen molar-refractivity contribution in [1.82, 2.24) is 10.2 Å². The summed E-state index contributed by atoms with van der Waals surface area (Å²) in [6.07, 6.45) is 1.18. The molecule has 0 saturated carbocycles. The van der Waals surface area contributed by atoms with Crippen molar-refractivity contribution in [3.05, 3.63) is 0 Å². The number of nitrogens with zero attached hydrogens (tertiary/aromatic N) is 1. The third-order valence-electron chi connectivity index (χ3n) is 3.56. The van der Waals surface area contributed by atoms with Crippen LogP contribution in [-0.4, -0.2) is 47.3 Å². The zero-order valence-corrected chi connectivity index (χ0v) is 14.3. The highest BCUT2D eigenvalue weighted by atomic mass is 16.5. The molecule has 3 heteroatoms. The van der Waals surface area contributed by atoms with E-state index in [0.717, 1.165) is 19.6 Å². The number of morpholine rings is 1. The fourth-order valence-electron chi connectivity index (χ4n) is 3.00. The molecule has 1 atom stereocenters. The molecule has 0 aromatic rings. The van der Waals surface area contributed by atoms with E-state index in [0.29, 0.717) is 6.04 Å². The van der Waals surface area contributed by atoms with Crippen LogP contribution in [0.3, 0.4) is 0 Å². The fraction of sp³-hybridized carbons (Fsp3) is 1.00. The van der Waals surface area contributed by atoms with Crippen LogP contribution < -0.4 is 5.32 Å². The molecule has 1 N–H and O–H groups in total. The van der Waals surface area contributed by atoms with E-state index in [4.69, 9.17) is 4.74 Å². The van der Waals surface area contributed by atoms with Crippen LogP contribution in [0.4, 0.5) is 0 Å². The van der Waals surface area contributed by atoms with Crippen LogP contribution in [0.1, 0.15) is 61.8 Å². The molecule has 1 aliphatic heterocycles. The Balaban J connectivity index is 2.50. The molecule has 0 bridgehead atoms. The molecule has 1 saturated heterocycles. The maximum absolute atomic E-state index is 6.14. The Kier molecular flexibility index (Phi) is 5.09. The smallest absolute Gasteiger partial charge is 0.0760 e. The van der Waals surface area contributed by atoms with E-state index in [1.807, 2.05) is 0 Å². The second kappa shape index (κ2) is 5.71. The fourth-order valence-corrected chi connectivity index (χ4v) is 3.00. The van der Waals surface area contributed by atoms with Gasteiger partial charge in [-0.1, -0.05) is 0 Å². The lowest BCUT2D eigenvalue weighted by Crippen LogP contribution is -2.59. The van der Waals surface area contributed by atoms with Gasteiger partial charge in [0, 0.05) is 24.7 Å². The Morgan fingerprint density at radius 3 is 2.00 bits per heavy atom. The largest absolute Gasteiger partial charge is 0.367 e. The van der Waals surface area contributed by atoms with Gasteiger partial charge >= 0.3 is 0 Å². The standard InChI is InChI=1S/C16H34N2O/c1-13(9-10-17-14(2,3)4)18-11-15(5,6)19-16(7,8)12-18/h13,17H,9-12H2,1-8H3. The Hall–Kier alpha value is -0.120. The van der Waals surface area contributed by atoms with Gasteiger partial charge in [0.05, 0.1) is 11.2 Å². The van der Waals surface area contributed by atoms with Crippen molar-refractivity contribution in [3.63, 3.8) is 0 Å².